The van der Waals surface area contributed by atoms with Crippen molar-refractivity contribution in [2.45, 2.75) is 38.9 Å². The average Bonchev–Trinajstić information content (AvgIpc) is 2.67. The van der Waals surface area contributed by atoms with Crippen molar-refractivity contribution in [1.29, 1.82) is 0 Å². The number of hydrogen-bond donors (Lipinski definition) is 1. The molecule has 0 radical (unpaired) electrons. The molecule has 1 N–H and O–H groups in total. The third-order valence-electron chi connectivity index (χ3n) is 4.94. The zero-order valence-electron chi connectivity index (χ0n) is 16.5. The molecule has 0 unspecified atom stereocenters. The largest absolute Gasteiger partial charge is 0.418 e. The molecular weight excluding hydrogens is 401 g/mol. The molecule has 2 amide bonds. The van der Waals surface area contributed by atoms with Crippen LogP contribution in [-0.4, -0.2) is 45.6 Å². The van der Waals surface area contributed by atoms with Crippen molar-refractivity contribution in [1.82, 2.24) is 20.0 Å². The average molecular weight is 422 g/mol. The van der Waals surface area contributed by atoms with Crippen LogP contribution in [0.1, 0.15) is 41.5 Å². The first-order valence-electron chi connectivity index (χ1n) is 9.42. The molecule has 1 aromatic carbocycles. The summed E-state index contributed by atoms with van der Waals surface area (Å²) in [4.78, 5) is 37.9. The van der Waals surface area contributed by atoms with Crippen molar-refractivity contribution in [2.24, 2.45) is 0 Å². The molecule has 0 spiro atoms. The first kappa shape index (κ1) is 21.5. The van der Waals surface area contributed by atoms with E-state index in [1.165, 1.54) is 36.9 Å². The molecular formula is C20H21F3N4O3. The summed E-state index contributed by atoms with van der Waals surface area (Å²) in [5.41, 5.74) is -2.09. The van der Waals surface area contributed by atoms with Gasteiger partial charge in [-0.1, -0.05) is 12.1 Å². The van der Waals surface area contributed by atoms with Crippen LogP contribution in [0.3, 0.4) is 0 Å². The molecule has 0 aliphatic carbocycles. The molecule has 30 heavy (non-hydrogen) atoms. The molecule has 1 saturated heterocycles. The third-order valence-corrected chi connectivity index (χ3v) is 4.94. The fourth-order valence-corrected chi connectivity index (χ4v) is 3.50. The van der Waals surface area contributed by atoms with Crippen LogP contribution in [0.25, 0.3) is 5.69 Å². The Balaban J connectivity index is 1.93. The number of benzene rings is 1. The number of nitrogens with zero attached hydrogens (tertiary/aromatic N) is 3. The van der Waals surface area contributed by atoms with E-state index >= 15 is 0 Å². The number of alkyl halides is 3. The predicted octanol–water partition coefficient (Wildman–Crippen LogP) is 2.30. The van der Waals surface area contributed by atoms with Crippen molar-refractivity contribution in [2.75, 3.05) is 13.1 Å². The van der Waals surface area contributed by atoms with Gasteiger partial charge in [0.25, 0.3) is 5.91 Å². The van der Waals surface area contributed by atoms with Gasteiger partial charge >= 0.3 is 6.18 Å². The molecule has 0 atom stereocenters. The Bertz CT molecular complexity index is 1020. The first-order chi connectivity index (χ1) is 14.1. The number of likely N-dealkylation sites (tertiary alicyclic amines) is 1. The lowest BCUT2D eigenvalue weighted by Crippen LogP contribution is -2.47. The smallest absolute Gasteiger partial charge is 0.353 e. The lowest BCUT2D eigenvalue weighted by atomic mass is 10.0. The highest BCUT2D eigenvalue weighted by atomic mass is 19.4. The number of halogens is 3. The highest BCUT2D eigenvalue weighted by Gasteiger charge is 2.34. The minimum absolute atomic E-state index is 0.0622. The monoisotopic (exact) mass is 422 g/mol. The van der Waals surface area contributed by atoms with Crippen LogP contribution in [-0.2, 0) is 11.0 Å². The molecule has 2 heterocycles. The number of amides is 2. The number of para-hydroxylation sites is 1. The van der Waals surface area contributed by atoms with E-state index in [-0.39, 0.29) is 23.3 Å². The molecule has 0 bridgehead atoms. The molecule has 1 aliphatic rings. The summed E-state index contributed by atoms with van der Waals surface area (Å²) >= 11 is 0. The van der Waals surface area contributed by atoms with Crippen LogP contribution in [0.15, 0.2) is 35.1 Å². The zero-order chi connectivity index (χ0) is 22.1. The normalized spacial score (nSPS) is 15.2. The molecule has 3 rings (SSSR count). The van der Waals surface area contributed by atoms with Crippen LogP contribution in [0.4, 0.5) is 13.2 Å². The van der Waals surface area contributed by atoms with Gasteiger partial charge in [-0.2, -0.15) is 18.3 Å². The Kier molecular flexibility index (Phi) is 5.95. The summed E-state index contributed by atoms with van der Waals surface area (Å²) in [7, 11) is 0. The second-order valence-electron chi connectivity index (χ2n) is 7.19. The maximum atomic E-state index is 13.4. The number of carbonyl (C=O) groups excluding carboxylic acids is 2. The quantitative estimate of drug-likeness (QED) is 0.823. The van der Waals surface area contributed by atoms with Crippen LogP contribution in [0.2, 0.25) is 0 Å². The van der Waals surface area contributed by atoms with Crippen molar-refractivity contribution < 1.29 is 22.8 Å². The molecule has 1 fully saturated rings. The molecule has 2 aromatic rings. The molecule has 10 heteroatoms. The van der Waals surface area contributed by atoms with E-state index in [2.05, 4.69) is 10.4 Å². The highest BCUT2D eigenvalue weighted by Crippen LogP contribution is 2.33. The van der Waals surface area contributed by atoms with E-state index in [4.69, 9.17) is 0 Å². The number of hydrogen-bond acceptors (Lipinski definition) is 4. The van der Waals surface area contributed by atoms with Crippen molar-refractivity contribution >= 4 is 11.8 Å². The van der Waals surface area contributed by atoms with Gasteiger partial charge in [0.15, 0.2) is 5.69 Å². The second kappa shape index (κ2) is 8.29. The maximum Gasteiger partial charge on any atom is 0.418 e. The van der Waals surface area contributed by atoms with Gasteiger partial charge in [-0.05, 0) is 31.9 Å². The number of piperidine rings is 1. The van der Waals surface area contributed by atoms with Crippen LogP contribution in [0, 0.1) is 6.92 Å². The van der Waals surface area contributed by atoms with Gasteiger partial charge in [0, 0.05) is 37.8 Å². The second-order valence-corrected chi connectivity index (χ2v) is 7.19. The van der Waals surface area contributed by atoms with Gasteiger partial charge in [-0.25, -0.2) is 4.68 Å². The number of nitrogens with one attached hydrogen (secondary N) is 1. The zero-order valence-corrected chi connectivity index (χ0v) is 16.5. The van der Waals surface area contributed by atoms with Gasteiger partial charge in [0.05, 0.1) is 11.3 Å². The third kappa shape index (κ3) is 4.52. The Morgan fingerprint density at radius 1 is 1.17 bits per heavy atom. The topological polar surface area (TPSA) is 84.3 Å². The lowest BCUT2D eigenvalue weighted by Gasteiger charge is -2.32. The molecule has 1 aliphatic heterocycles. The van der Waals surface area contributed by atoms with Crippen molar-refractivity contribution in [3.05, 3.63) is 57.5 Å². The van der Waals surface area contributed by atoms with E-state index in [0.717, 1.165) is 16.8 Å². The lowest BCUT2D eigenvalue weighted by molar-refractivity contribution is -0.137. The van der Waals surface area contributed by atoms with E-state index in [0.29, 0.717) is 25.9 Å². The van der Waals surface area contributed by atoms with Crippen molar-refractivity contribution in [3.8, 4) is 5.69 Å². The maximum absolute atomic E-state index is 13.4. The summed E-state index contributed by atoms with van der Waals surface area (Å²) in [5.74, 6) is -0.800. The predicted molar refractivity (Wildman–Crippen MR) is 102 cm³/mol. The number of carbonyl (C=O) groups is 2. The fraction of sp³-hybridized carbons (Fsp3) is 0.400. The summed E-state index contributed by atoms with van der Waals surface area (Å²) < 4.78 is 41.2. The van der Waals surface area contributed by atoms with E-state index in [9.17, 15) is 27.6 Å². The molecule has 1 aromatic heterocycles. The fourth-order valence-electron chi connectivity index (χ4n) is 3.50. The summed E-state index contributed by atoms with van der Waals surface area (Å²) in [6, 6.07) is 5.89. The Morgan fingerprint density at radius 2 is 1.80 bits per heavy atom. The van der Waals surface area contributed by atoms with E-state index in [1.54, 1.807) is 0 Å². The molecule has 0 saturated carbocycles. The van der Waals surface area contributed by atoms with Crippen LogP contribution in [0.5, 0.6) is 0 Å². The van der Waals surface area contributed by atoms with E-state index < -0.39 is 28.8 Å². The number of aryl methyl sites for hydroxylation is 1. The van der Waals surface area contributed by atoms with Crippen LogP contribution >= 0.6 is 0 Å². The van der Waals surface area contributed by atoms with Crippen LogP contribution < -0.4 is 10.7 Å². The Labute approximate surface area is 170 Å². The van der Waals surface area contributed by atoms with Gasteiger partial charge in [0.2, 0.25) is 11.3 Å². The van der Waals surface area contributed by atoms with Gasteiger partial charge in [0.1, 0.15) is 0 Å². The highest BCUT2D eigenvalue weighted by molar-refractivity contribution is 5.92. The summed E-state index contributed by atoms with van der Waals surface area (Å²) in [6.07, 6.45) is -3.59. The SMILES string of the molecule is CC(=O)NC1CCN(C(=O)c2nn(-c3ccccc3C(F)(F)F)c(C)cc2=O)CC1. The Morgan fingerprint density at radius 3 is 2.40 bits per heavy atom. The first-order valence-corrected chi connectivity index (χ1v) is 9.42. The molecule has 160 valence electrons. The van der Waals surface area contributed by atoms with E-state index in [1.807, 2.05) is 0 Å². The van der Waals surface area contributed by atoms with Crippen molar-refractivity contribution in [3.63, 3.8) is 0 Å². The molecule has 7 nitrogen and oxygen atoms in total. The van der Waals surface area contributed by atoms with Gasteiger partial charge < -0.3 is 10.2 Å². The summed E-state index contributed by atoms with van der Waals surface area (Å²) in [5, 5.41) is 6.79. The number of rotatable bonds is 3. The Hall–Kier alpha value is -3.17. The van der Waals surface area contributed by atoms with Gasteiger partial charge in [-0.15, -0.1) is 0 Å². The standard InChI is InChI=1S/C20H21F3N4O3/c1-12-11-17(29)18(19(30)26-9-7-14(8-10-26)24-13(2)28)25-27(12)16-6-4-3-5-15(16)20(21,22)23/h3-6,11,14H,7-10H2,1-2H3,(H,24,28). The minimum atomic E-state index is -4.62. The minimum Gasteiger partial charge on any atom is -0.353 e. The number of aromatic nitrogens is 2. The van der Waals surface area contributed by atoms with Gasteiger partial charge in [-0.3, -0.25) is 14.4 Å². The summed E-state index contributed by atoms with van der Waals surface area (Å²) in [6.45, 7) is 3.47.